The lowest BCUT2D eigenvalue weighted by Crippen LogP contribution is -2.28. The molecular weight excluding hydrogens is 923 g/mol. The van der Waals surface area contributed by atoms with Crippen molar-refractivity contribution in [3.8, 4) is 44.5 Å². The summed E-state index contributed by atoms with van der Waals surface area (Å²) in [6.45, 7) is 1.65. The summed E-state index contributed by atoms with van der Waals surface area (Å²) < 4.78 is 34.1. The predicted octanol–water partition coefficient (Wildman–Crippen LogP) is 10.2. The van der Waals surface area contributed by atoms with Gasteiger partial charge in [-0.15, -0.1) is 0 Å². The second kappa shape index (κ2) is 21.2. The van der Waals surface area contributed by atoms with E-state index in [-0.39, 0.29) is 43.0 Å². The lowest BCUT2D eigenvalue weighted by Gasteiger charge is -2.09. The monoisotopic (exact) mass is 971 g/mol. The molecule has 0 spiro atoms. The number of primary sulfonamides is 1. The molecule has 0 atom stereocenters. The number of benzene rings is 5. The third-order valence-corrected chi connectivity index (χ3v) is 13.2. The molecule has 14 heteroatoms. The fourth-order valence-corrected chi connectivity index (χ4v) is 9.33. The molecule has 0 fully saturated rings. The first-order chi connectivity index (χ1) is 35.2. The first-order valence-electron chi connectivity index (χ1n) is 23.5. The first-order valence-corrected chi connectivity index (χ1v) is 25.0. The highest BCUT2D eigenvalue weighted by Crippen LogP contribution is 2.38. The quantitative estimate of drug-likeness (QED) is 0.0590. The molecule has 2 aliphatic heterocycles. The maximum atomic E-state index is 13.4. The molecule has 2 amide bonds. The summed E-state index contributed by atoms with van der Waals surface area (Å²) in [7, 11) is -3.84. The maximum absolute atomic E-state index is 13.4. The number of nitrogens with two attached hydrogens (primary N) is 1. The summed E-state index contributed by atoms with van der Waals surface area (Å²) in [4.78, 5) is 44.0. The maximum Gasteiger partial charge on any atom is 0.251 e. The highest BCUT2D eigenvalue weighted by atomic mass is 32.2. The number of carbonyl (C=O) groups is 2. The molecule has 13 nitrogen and oxygen atoms in total. The summed E-state index contributed by atoms with van der Waals surface area (Å²) in [5.41, 5.74) is 15.3. The summed E-state index contributed by atoms with van der Waals surface area (Å²) in [6, 6.07) is 52.2. The van der Waals surface area contributed by atoms with Gasteiger partial charge < -0.3 is 30.1 Å². The number of nitrogens with zero attached hydrogens (tertiary/aromatic N) is 2. The van der Waals surface area contributed by atoms with Crippen LogP contribution < -0.4 is 15.8 Å². The Labute approximate surface area is 416 Å². The molecule has 0 saturated carbocycles. The van der Waals surface area contributed by atoms with Crippen molar-refractivity contribution in [1.82, 2.24) is 30.6 Å². The van der Waals surface area contributed by atoms with Gasteiger partial charge in [-0.05, 0) is 107 Å². The van der Waals surface area contributed by atoms with E-state index < -0.39 is 10.0 Å². The average molecular weight is 972 g/mol. The van der Waals surface area contributed by atoms with Gasteiger partial charge in [0.05, 0.1) is 54.1 Å². The Balaban J connectivity index is 0.905. The van der Waals surface area contributed by atoms with Crippen LogP contribution in [-0.2, 0) is 19.5 Å². The van der Waals surface area contributed by atoms with Gasteiger partial charge in [-0.3, -0.25) is 9.59 Å². The van der Waals surface area contributed by atoms with Gasteiger partial charge in [0.25, 0.3) is 11.8 Å². The van der Waals surface area contributed by atoms with Crippen molar-refractivity contribution in [2.45, 2.75) is 4.90 Å². The molecule has 5 heterocycles. The number of carbonyl (C=O) groups excluding carboxylic acids is 2. The van der Waals surface area contributed by atoms with Crippen LogP contribution in [0.2, 0.25) is 0 Å². The molecule has 5 aromatic carbocycles. The van der Waals surface area contributed by atoms with E-state index in [1.807, 2.05) is 78.9 Å². The number of rotatable bonds is 16. The number of hydrogen-bond donors (Lipinski definition) is 5. The Morgan fingerprint density at radius 2 is 0.750 bits per heavy atom. The van der Waals surface area contributed by atoms with Crippen LogP contribution in [0.1, 0.15) is 43.5 Å². The second-order valence-electron chi connectivity index (χ2n) is 17.0. The fraction of sp³-hybridized carbons (Fsp3) is 0.103. The van der Waals surface area contributed by atoms with Gasteiger partial charge in [-0.25, -0.2) is 23.5 Å². The van der Waals surface area contributed by atoms with Crippen LogP contribution in [0.3, 0.4) is 0 Å². The molecule has 8 bridgehead atoms. The van der Waals surface area contributed by atoms with Gasteiger partial charge in [0.15, 0.2) is 0 Å². The number of sulfonamides is 1. The molecule has 358 valence electrons. The van der Waals surface area contributed by atoms with Gasteiger partial charge in [-0.1, -0.05) is 103 Å². The molecule has 8 aromatic rings. The van der Waals surface area contributed by atoms with Crippen LogP contribution in [0, 0.1) is 0 Å². The number of H-pyrrole nitrogens is 2. The predicted molar refractivity (Wildman–Crippen MR) is 285 cm³/mol. The lowest BCUT2D eigenvalue weighted by molar-refractivity contribution is 0.0486. The van der Waals surface area contributed by atoms with Crippen LogP contribution in [0.15, 0.2) is 169 Å². The van der Waals surface area contributed by atoms with E-state index in [1.165, 1.54) is 24.3 Å². The molecule has 0 aliphatic carbocycles. The molecule has 3 aromatic heterocycles. The van der Waals surface area contributed by atoms with E-state index in [1.54, 1.807) is 0 Å². The van der Waals surface area contributed by atoms with Crippen molar-refractivity contribution >= 4 is 68.2 Å². The molecule has 0 unspecified atom stereocenters. The van der Waals surface area contributed by atoms with Crippen molar-refractivity contribution in [2.75, 3.05) is 39.5 Å². The van der Waals surface area contributed by atoms with E-state index in [0.29, 0.717) is 24.3 Å². The van der Waals surface area contributed by atoms with Crippen molar-refractivity contribution in [2.24, 2.45) is 5.14 Å². The lowest BCUT2D eigenvalue weighted by atomic mass is 10.0. The highest BCUT2D eigenvalue weighted by molar-refractivity contribution is 7.89. The van der Waals surface area contributed by atoms with Crippen LogP contribution >= 0.6 is 0 Å². The molecule has 6 N–H and O–H groups in total. The Morgan fingerprint density at radius 3 is 1.08 bits per heavy atom. The Kier molecular flexibility index (Phi) is 13.9. The summed E-state index contributed by atoms with van der Waals surface area (Å²) in [5.74, 6) is -0.602. The zero-order valence-corrected chi connectivity index (χ0v) is 39.8. The van der Waals surface area contributed by atoms with E-state index >= 15 is 0 Å². The second-order valence-corrected chi connectivity index (χ2v) is 18.5. The number of aromatic nitrogens is 4. The number of ether oxygens (including phenoxy) is 2. The van der Waals surface area contributed by atoms with Crippen molar-refractivity contribution < 1.29 is 27.5 Å². The Morgan fingerprint density at radius 1 is 0.431 bits per heavy atom. The number of nitrogens with one attached hydrogen (secondary N) is 4. The fourth-order valence-electron chi connectivity index (χ4n) is 8.82. The van der Waals surface area contributed by atoms with Gasteiger partial charge >= 0.3 is 0 Å². The summed E-state index contributed by atoms with van der Waals surface area (Å²) in [5, 5.41) is 10.8. The van der Waals surface area contributed by atoms with Crippen molar-refractivity contribution in [1.29, 1.82) is 0 Å². The van der Waals surface area contributed by atoms with Gasteiger partial charge in [0, 0.05) is 68.5 Å². The number of fused-ring (bicyclic) bond motifs is 8. The van der Waals surface area contributed by atoms with Crippen LogP contribution in [0.25, 0.3) is 90.9 Å². The van der Waals surface area contributed by atoms with E-state index in [9.17, 15) is 18.0 Å². The molecular formula is C58H49N7O6S. The zero-order chi connectivity index (χ0) is 49.4. The minimum atomic E-state index is -3.84. The third kappa shape index (κ3) is 10.5. The smallest absolute Gasteiger partial charge is 0.251 e. The zero-order valence-electron chi connectivity index (χ0n) is 39.0. The summed E-state index contributed by atoms with van der Waals surface area (Å²) in [6.07, 6.45) is 8.30. The van der Waals surface area contributed by atoms with Gasteiger partial charge in [0.2, 0.25) is 10.0 Å². The third-order valence-electron chi connectivity index (χ3n) is 12.3. The van der Waals surface area contributed by atoms with Crippen molar-refractivity contribution in [3.63, 3.8) is 0 Å². The number of aromatic amines is 2. The average Bonchev–Trinajstić information content (AvgIpc) is 4.27. The SMILES string of the molecule is NS(=O)(=O)c1ccc(C(=O)NCCOCCOCCNC(=O)c2ccc(-c3c4nc(c(-c5ccccc5)c5ccc([nH]5)c(-c5ccccc5)c5nc(c(-c6ccccc6)c6ccc3[nH]6)C=C5)C=C4)cc2)cc1. The minimum absolute atomic E-state index is 0.0701. The summed E-state index contributed by atoms with van der Waals surface area (Å²) >= 11 is 0. The van der Waals surface area contributed by atoms with E-state index in [4.69, 9.17) is 24.6 Å². The molecule has 0 saturated heterocycles. The minimum Gasteiger partial charge on any atom is -0.377 e. The topological polar surface area (TPSA) is 194 Å². The molecule has 0 radical (unpaired) electrons. The van der Waals surface area contributed by atoms with Crippen LogP contribution in [-0.4, -0.2) is 79.7 Å². The van der Waals surface area contributed by atoms with Crippen molar-refractivity contribution in [3.05, 3.63) is 198 Å². The van der Waals surface area contributed by atoms with Crippen LogP contribution in [0.5, 0.6) is 0 Å². The van der Waals surface area contributed by atoms with Gasteiger partial charge in [-0.2, -0.15) is 0 Å². The molecule has 72 heavy (non-hydrogen) atoms. The first kappa shape index (κ1) is 47.2. The van der Waals surface area contributed by atoms with E-state index in [2.05, 4.69) is 106 Å². The Bertz CT molecular complexity index is 3590. The van der Waals surface area contributed by atoms with Crippen LogP contribution in [0.4, 0.5) is 0 Å². The largest absolute Gasteiger partial charge is 0.377 e. The van der Waals surface area contributed by atoms with Gasteiger partial charge in [0.1, 0.15) is 0 Å². The number of amides is 2. The Hall–Kier alpha value is -8.53. The van der Waals surface area contributed by atoms with E-state index in [0.717, 1.165) is 89.4 Å². The normalized spacial score (nSPS) is 12.0. The molecule has 10 rings (SSSR count). The standard InChI is InChI=1S/C58H49N7O6S/c59-72(68,69)44-22-20-43(21-23-44)58(67)61-33-35-71-37-36-70-34-32-60-57(66)42-18-16-41(17-19-42)56-51-30-28-49(64-51)54(39-12-6-2-7-13-39)47-26-24-45(62-47)53(38-10-4-1-5-11-38)46-25-27-48(63-46)55(40-14-8-3-9-15-40)50-29-31-52(56)65-50/h1-31,62,65H,32-37H2,(H,60,66)(H,61,67)(H2,59,68,69). The number of hydrogen-bond acceptors (Lipinski definition) is 8. The highest BCUT2D eigenvalue weighted by Gasteiger charge is 2.19. The molecule has 2 aliphatic rings.